The molecule has 0 aromatic carbocycles. The number of nitrogens with zero attached hydrogens (tertiary/aromatic N) is 2. The van der Waals surface area contributed by atoms with Crippen molar-refractivity contribution in [2.45, 2.75) is 32.2 Å². The van der Waals surface area contributed by atoms with E-state index in [9.17, 15) is 4.79 Å². The number of aromatic nitrogens is 1. The molecule has 2 N–H and O–H groups in total. The summed E-state index contributed by atoms with van der Waals surface area (Å²) in [5.41, 5.74) is 0. The van der Waals surface area contributed by atoms with Gasteiger partial charge in [0, 0.05) is 17.6 Å². The van der Waals surface area contributed by atoms with Crippen LogP contribution in [-0.2, 0) is 6.42 Å². The number of aliphatic hydroxyl groups is 1. The minimum atomic E-state index is -0.154. The van der Waals surface area contributed by atoms with Crippen LogP contribution in [0.4, 0.5) is 9.93 Å². The topological polar surface area (TPSA) is 65.5 Å². The normalized spacial score (nSPS) is 19.6. The molecule has 0 bridgehead atoms. The fourth-order valence-electron chi connectivity index (χ4n) is 1.98. The SMILES string of the molecule is CCc1cnc(NC(=O)N2CCCC2CO)s1. The zero-order valence-corrected chi connectivity index (χ0v) is 10.7. The summed E-state index contributed by atoms with van der Waals surface area (Å²) >= 11 is 1.50. The van der Waals surface area contributed by atoms with E-state index in [0.717, 1.165) is 24.1 Å². The van der Waals surface area contributed by atoms with Gasteiger partial charge in [-0.2, -0.15) is 0 Å². The number of aliphatic hydroxyl groups excluding tert-OH is 1. The van der Waals surface area contributed by atoms with Crippen LogP contribution in [0.15, 0.2) is 6.20 Å². The predicted octanol–water partition coefficient (Wildman–Crippen LogP) is 1.69. The van der Waals surface area contributed by atoms with E-state index in [-0.39, 0.29) is 18.7 Å². The minimum absolute atomic E-state index is 0.0332. The Hall–Kier alpha value is -1.14. The van der Waals surface area contributed by atoms with Gasteiger partial charge in [0.15, 0.2) is 5.13 Å². The van der Waals surface area contributed by atoms with Crippen molar-refractivity contribution in [1.82, 2.24) is 9.88 Å². The highest BCUT2D eigenvalue weighted by atomic mass is 32.1. The number of hydrogen-bond donors (Lipinski definition) is 2. The summed E-state index contributed by atoms with van der Waals surface area (Å²) in [6.45, 7) is 2.80. The number of nitrogens with one attached hydrogen (secondary N) is 1. The molecule has 5 nitrogen and oxygen atoms in total. The van der Waals surface area contributed by atoms with Crippen LogP contribution >= 0.6 is 11.3 Å². The van der Waals surface area contributed by atoms with Crippen molar-refractivity contribution in [3.05, 3.63) is 11.1 Å². The number of hydrogen-bond acceptors (Lipinski definition) is 4. The molecule has 94 valence electrons. The zero-order valence-electron chi connectivity index (χ0n) is 9.85. The lowest BCUT2D eigenvalue weighted by molar-refractivity contribution is 0.166. The molecular formula is C11H17N3O2S. The van der Waals surface area contributed by atoms with Gasteiger partial charge < -0.3 is 10.0 Å². The lowest BCUT2D eigenvalue weighted by Crippen LogP contribution is -2.40. The average Bonchev–Trinajstić information content (AvgIpc) is 2.96. The Morgan fingerprint density at radius 1 is 1.76 bits per heavy atom. The number of thiazole rings is 1. The van der Waals surface area contributed by atoms with E-state index in [1.165, 1.54) is 11.3 Å². The Balaban J connectivity index is 1.96. The van der Waals surface area contributed by atoms with Crippen molar-refractivity contribution in [3.63, 3.8) is 0 Å². The average molecular weight is 255 g/mol. The van der Waals surface area contributed by atoms with Crippen molar-refractivity contribution in [3.8, 4) is 0 Å². The fourth-order valence-corrected chi connectivity index (χ4v) is 2.73. The van der Waals surface area contributed by atoms with Crippen molar-refractivity contribution in [2.75, 3.05) is 18.5 Å². The molecule has 1 atom stereocenters. The summed E-state index contributed by atoms with van der Waals surface area (Å²) in [5.74, 6) is 0. The molecule has 1 aliphatic heterocycles. The van der Waals surface area contributed by atoms with Gasteiger partial charge in [0.05, 0.1) is 12.6 Å². The van der Waals surface area contributed by atoms with E-state index < -0.39 is 0 Å². The third-order valence-electron chi connectivity index (χ3n) is 2.96. The Kier molecular flexibility index (Phi) is 3.96. The number of rotatable bonds is 3. The Bertz CT molecular complexity index is 394. The van der Waals surface area contributed by atoms with Gasteiger partial charge >= 0.3 is 6.03 Å². The van der Waals surface area contributed by atoms with E-state index >= 15 is 0 Å². The molecule has 2 amide bonds. The Morgan fingerprint density at radius 3 is 3.24 bits per heavy atom. The van der Waals surface area contributed by atoms with Crippen molar-refractivity contribution < 1.29 is 9.90 Å². The molecule has 6 heteroatoms. The molecular weight excluding hydrogens is 238 g/mol. The molecule has 1 aliphatic rings. The van der Waals surface area contributed by atoms with E-state index in [4.69, 9.17) is 5.11 Å². The minimum Gasteiger partial charge on any atom is -0.394 e. The molecule has 2 heterocycles. The first-order valence-corrected chi connectivity index (χ1v) is 6.69. The highest BCUT2D eigenvalue weighted by molar-refractivity contribution is 7.15. The maximum absolute atomic E-state index is 12.0. The number of aryl methyl sites for hydroxylation is 1. The molecule has 1 fully saturated rings. The van der Waals surface area contributed by atoms with Gasteiger partial charge in [-0.05, 0) is 19.3 Å². The molecule has 1 aromatic rings. The third kappa shape index (κ3) is 2.76. The second kappa shape index (κ2) is 5.46. The smallest absolute Gasteiger partial charge is 0.323 e. The van der Waals surface area contributed by atoms with Crippen LogP contribution in [0.1, 0.15) is 24.6 Å². The molecule has 1 unspecified atom stereocenters. The van der Waals surface area contributed by atoms with Crippen LogP contribution < -0.4 is 5.32 Å². The first-order chi connectivity index (χ1) is 8.24. The number of carbonyl (C=O) groups excluding carboxylic acids is 1. The number of likely N-dealkylation sites (tertiary alicyclic amines) is 1. The monoisotopic (exact) mass is 255 g/mol. The van der Waals surface area contributed by atoms with Gasteiger partial charge in [0.25, 0.3) is 0 Å². The van der Waals surface area contributed by atoms with Crippen LogP contribution in [0.5, 0.6) is 0 Å². The summed E-state index contributed by atoms with van der Waals surface area (Å²) in [7, 11) is 0. The van der Waals surface area contributed by atoms with Gasteiger partial charge in [-0.3, -0.25) is 5.32 Å². The van der Waals surface area contributed by atoms with Gasteiger partial charge in [-0.1, -0.05) is 6.92 Å². The molecule has 0 spiro atoms. The molecule has 0 radical (unpaired) electrons. The van der Waals surface area contributed by atoms with Crippen molar-refractivity contribution in [1.29, 1.82) is 0 Å². The van der Waals surface area contributed by atoms with Crippen molar-refractivity contribution in [2.24, 2.45) is 0 Å². The highest BCUT2D eigenvalue weighted by Gasteiger charge is 2.28. The second-order valence-corrected chi connectivity index (χ2v) is 5.20. The fraction of sp³-hybridized carbons (Fsp3) is 0.636. The Labute approximate surface area is 104 Å². The van der Waals surface area contributed by atoms with Gasteiger partial charge in [-0.15, -0.1) is 11.3 Å². The van der Waals surface area contributed by atoms with Gasteiger partial charge in [-0.25, -0.2) is 9.78 Å². The van der Waals surface area contributed by atoms with Crippen LogP contribution in [0, 0.1) is 0 Å². The van der Waals surface area contributed by atoms with Gasteiger partial charge in [0.1, 0.15) is 0 Å². The van der Waals surface area contributed by atoms with Gasteiger partial charge in [0.2, 0.25) is 0 Å². The second-order valence-electron chi connectivity index (χ2n) is 4.09. The molecule has 1 aromatic heterocycles. The van der Waals surface area contributed by atoms with Crippen LogP contribution in [0.3, 0.4) is 0 Å². The first-order valence-electron chi connectivity index (χ1n) is 5.87. The number of carbonyl (C=O) groups is 1. The van der Waals surface area contributed by atoms with E-state index in [0.29, 0.717) is 11.7 Å². The lowest BCUT2D eigenvalue weighted by atomic mass is 10.2. The lowest BCUT2D eigenvalue weighted by Gasteiger charge is -2.22. The van der Waals surface area contributed by atoms with Crippen LogP contribution in [0.25, 0.3) is 0 Å². The number of urea groups is 1. The van der Waals surface area contributed by atoms with E-state index in [2.05, 4.69) is 17.2 Å². The summed E-state index contributed by atoms with van der Waals surface area (Å²) in [6, 6.07) is -0.195. The van der Waals surface area contributed by atoms with E-state index in [1.54, 1.807) is 11.1 Å². The summed E-state index contributed by atoms with van der Waals surface area (Å²) in [5, 5.41) is 12.6. The third-order valence-corrected chi connectivity index (χ3v) is 4.02. The quantitative estimate of drug-likeness (QED) is 0.864. The van der Waals surface area contributed by atoms with Crippen molar-refractivity contribution >= 4 is 22.5 Å². The summed E-state index contributed by atoms with van der Waals surface area (Å²) in [4.78, 5) is 18.9. The molecule has 17 heavy (non-hydrogen) atoms. The molecule has 0 aliphatic carbocycles. The first kappa shape index (κ1) is 12.3. The van der Waals surface area contributed by atoms with Crippen LogP contribution in [-0.4, -0.2) is 40.2 Å². The molecule has 0 saturated carbocycles. The largest absolute Gasteiger partial charge is 0.394 e. The zero-order chi connectivity index (χ0) is 12.3. The summed E-state index contributed by atoms with van der Waals surface area (Å²) in [6.07, 6.45) is 4.54. The van der Waals surface area contributed by atoms with E-state index in [1.807, 2.05) is 0 Å². The number of anilines is 1. The molecule has 2 rings (SSSR count). The Morgan fingerprint density at radius 2 is 2.59 bits per heavy atom. The number of amides is 2. The maximum atomic E-state index is 12.0. The highest BCUT2D eigenvalue weighted by Crippen LogP contribution is 2.21. The molecule has 1 saturated heterocycles. The predicted molar refractivity (Wildman–Crippen MR) is 67.3 cm³/mol. The maximum Gasteiger partial charge on any atom is 0.323 e. The van der Waals surface area contributed by atoms with Crippen LogP contribution in [0.2, 0.25) is 0 Å². The summed E-state index contributed by atoms with van der Waals surface area (Å²) < 4.78 is 0. The standard InChI is InChI=1S/C11H17N3O2S/c1-2-9-6-12-10(17-9)13-11(16)14-5-3-4-8(14)7-15/h6,8,15H,2-5,7H2,1H3,(H,12,13,16).